The van der Waals surface area contributed by atoms with Crippen LogP contribution in [0.15, 0.2) is 76.7 Å². The third-order valence-corrected chi connectivity index (χ3v) is 5.57. The zero-order valence-corrected chi connectivity index (χ0v) is 18.2. The zero-order valence-electron chi connectivity index (χ0n) is 17.3. The number of fused-ring (bicyclic) bond motifs is 2. The molecule has 3 rings (SSSR count). The van der Waals surface area contributed by atoms with Gasteiger partial charge < -0.3 is 15.0 Å². The molecule has 0 radical (unpaired) electrons. The summed E-state index contributed by atoms with van der Waals surface area (Å²) in [6.07, 6.45) is 9.53. The van der Waals surface area contributed by atoms with E-state index < -0.39 is 0 Å². The average Bonchev–Trinajstić information content (AvgIpc) is 2.73. The van der Waals surface area contributed by atoms with E-state index in [1.807, 2.05) is 38.1 Å². The highest BCUT2D eigenvalue weighted by Gasteiger charge is 2.25. The largest absolute Gasteiger partial charge is 0.381 e. The summed E-state index contributed by atoms with van der Waals surface area (Å²) in [6, 6.07) is 6.46. The quantitative estimate of drug-likeness (QED) is 0.652. The molecule has 0 saturated carbocycles. The summed E-state index contributed by atoms with van der Waals surface area (Å²) < 4.78 is 5.43. The second-order valence-corrected chi connectivity index (χ2v) is 7.78. The molecule has 1 aliphatic rings. The molecule has 1 aromatic carbocycles. The molecule has 1 aromatic heterocycles. The summed E-state index contributed by atoms with van der Waals surface area (Å²) in [7, 11) is 5.65. The molecule has 0 fully saturated rings. The van der Waals surface area contributed by atoms with E-state index in [4.69, 9.17) is 4.74 Å². The second kappa shape index (κ2) is 9.62. The summed E-state index contributed by atoms with van der Waals surface area (Å²) in [6.45, 7) is 7.18. The number of likely N-dealkylation sites (N-methyl/N-ethyl adjacent to an activating group) is 1. The molecule has 1 aliphatic heterocycles. The van der Waals surface area contributed by atoms with Crippen molar-refractivity contribution in [3.63, 3.8) is 0 Å². The van der Waals surface area contributed by atoms with Crippen LogP contribution in [0.1, 0.15) is 12.5 Å². The normalized spacial score (nSPS) is 13.2. The number of nitrogens with one attached hydrogen (secondary N) is 1. The summed E-state index contributed by atoms with van der Waals surface area (Å²) in [4.78, 5) is 14.2. The van der Waals surface area contributed by atoms with Crippen molar-refractivity contribution < 1.29 is 4.74 Å². The van der Waals surface area contributed by atoms with Crippen LogP contribution >= 0.6 is 11.8 Å². The van der Waals surface area contributed by atoms with E-state index in [9.17, 15) is 0 Å². The molecule has 7 heteroatoms. The van der Waals surface area contributed by atoms with Crippen LogP contribution in [0.2, 0.25) is 0 Å². The second-order valence-electron chi connectivity index (χ2n) is 6.75. The third-order valence-electron chi connectivity index (χ3n) is 4.52. The lowest BCUT2D eigenvalue weighted by molar-refractivity contribution is 0.204. The Balaban J connectivity index is 1.77. The molecule has 0 aliphatic carbocycles. The van der Waals surface area contributed by atoms with Gasteiger partial charge in [-0.1, -0.05) is 30.5 Å². The van der Waals surface area contributed by atoms with Gasteiger partial charge in [-0.2, -0.15) is 0 Å². The molecule has 0 bridgehead atoms. The van der Waals surface area contributed by atoms with Crippen molar-refractivity contribution in [2.45, 2.75) is 23.4 Å². The molecule has 0 atom stereocenters. The molecule has 29 heavy (non-hydrogen) atoms. The number of hydrogen-bond acceptors (Lipinski definition) is 7. The first-order chi connectivity index (χ1) is 14.0. The number of methoxy groups -OCH3 is 1. The number of allylic oxidation sites excluding steroid dienone is 3. The standard InChI is InChI=1S/C22H27N5OS/c1-6-18(9-7-16(2)26(3)4)25-14-17-8-10-20-19(13-17)27(15-28-5)21-22(29-20)24-12-11-23-21/h6-13,25H,2,14-15H2,1,3-5H3/b9-7-,18-6+. The van der Waals surface area contributed by atoms with E-state index in [0.717, 1.165) is 32.8 Å². The van der Waals surface area contributed by atoms with Crippen molar-refractivity contribution >= 4 is 23.3 Å². The van der Waals surface area contributed by atoms with Crippen LogP contribution in [0.5, 0.6) is 0 Å². The van der Waals surface area contributed by atoms with Gasteiger partial charge in [0.25, 0.3) is 0 Å². The van der Waals surface area contributed by atoms with Gasteiger partial charge in [-0.3, -0.25) is 4.90 Å². The van der Waals surface area contributed by atoms with Gasteiger partial charge in [-0.25, -0.2) is 9.97 Å². The van der Waals surface area contributed by atoms with E-state index in [1.54, 1.807) is 31.3 Å². The summed E-state index contributed by atoms with van der Waals surface area (Å²) >= 11 is 1.64. The summed E-state index contributed by atoms with van der Waals surface area (Å²) in [5.74, 6) is 0.830. The lowest BCUT2D eigenvalue weighted by atomic mass is 10.1. The van der Waals surface area contributed by atoms with E-state index in [1.165, 1.54) is 5.56 Å². The van der Waals surface area contributed by atoms with Crippen LogP contribution < -0.4 is 10.2 Å². The Hall–Kier alpha value is -2.77. The van der Waals surface area contributed by atoms with Gasteiger partial charge in [0.2, 0.25) is 0 Å². The number of anilines is 2. The van der Waals surface area contributed by atoms with Gasteiger partial charge in [-0.05, 0) is 36.8 Å². The van der Waals surface area contributed by atoms with Gasteiger partial charge in [0, 0.05) is 56.4 Å². The summed E-state index contributed by atoms with van der Waals surface area (Å²) in [5, 5.41) is 4.38. The highest BCUT2D eigenvalue weighted by molar-refractivity contribution is 7.99. The number of nitrogens with zero attached hydrogens (tertiary/aromatic N) is 4. The molecule has 1 N–H and O–H groups in total. The van der Waals surface area contributed by atoms with Crippen LogP contribution in [-0.2, 0) is 11.3 Å². The maximum atomic E-state index is 5.43. The fourth-order valence-corrected chi connectivity index (χ4v) is 3.81. The molecule has 2 heterocycles. The minimum absolute atomic E-state index is 0.422. The van der Waals surface area contributed by atoms with Gasteiger partial charge in [0.05, 0.1) is 5.69 Å². The maximum absolute atomic E-state index is 5.43. The van der Waals surface area contributed by atoms with Gasteiger partial charge >= 0.3 is 0 Å². The predicted molar refractivity (Wildman–Crippen MR) is 119 cm³/mol. The fraction of sp³-hybridized carbons (Fsp3) is 0.273. The Kier molecular flexibility index (Phi) is 6.95. The van der Waals surface area contributed by atoms with E-state index >= 15 is 0 Å². The smallest absolute Gasteiger partial charge is 0.168 e. The van der Waals surface area contributed by atoms with E-state index in [0.29, 0.717) is 13.3 Å². The lowest BCUT2D eigenvalue weighted by Gasteiger charge is -2.30. The molecule has 0 spiro atoms. The Labute approximate surface area is 177 Å². The first kappa shape index (κ1) is 21.0. The highest BCUT2D eigenvalue weighted by Crippen LogP contribution is 2.46. The molecule has 6 nitrogen and oxygen atoms in total. The van der Waals surface area contributed by atoms with Crippen LogP contribution in [0.3, 0.4) is 0 Å². The van der Waals surface area contributed by atoms with Crippen molar-refractivity contribution in [3.8, 4) is 0 Å². The predicted octanol–water partition coefficient (Wildman–Crippen LogP) is 4.31. The molecule has 0 saturated heterocycles. The molecular formula is C22H27N5OS. The Morgan fingerprint density at radius 1 is 1.28 bits per heavy atom. The first-order valence-electron chi connectivity index (χ1n) is 9.36. The van der Waals surface area contributed by atoms with Crippen molar-refractivity contribution in [1.82, 2.24) is 20.2 Å². The van der Waals surface area contributed by atoms with E-state index in [2.05, 4.69) is 51.0 Å². The Morgan fingerprint density at radius 2 is 2.07 bits per heavy atom. The van der Waals surface area contributed by atoms with Crippen molar-refractivity contribution in [2.75, 3.05) is 32.8 Å². The first-order valence-corrected chi connectivity index (χ1v) is 10.2. The van der Waals surface area contributed by atoms with Crippen molar-refractivity contribution in [1.29, 1.82) is 0 Å². The van der Waals surface area contributed by atoms with Crippen LogP contribution in [-0.4, -0.2) is 42.8 Å². The fourth-order valence-electron chi connectivity index (χ4n) is 2.82. The third kappa shape index (κ3) is 4.99. The van der Waals surface area contributed by atoms with Crippen LogP contribution in [0.25, 0.3) is 0 Å². The lowest BCUT2D eigenvalue weighted by Crippen LogP contribution is -2.25. The minimum atomic E-state index is 0.422. The average molecular weight is 410 g/mol. The molecule has 2 aromatic rings. The van der Waals surface area contributed by atoms with Crippen LogP contribution in [0.4, 0.5) is 11.5 Å². The number of hydrogen-bond donors (Lipinski definition) is 1. The van der Waals surface area contributed by atoms with E-state index in [-0.39, 0.29) is 0 Å². The topological polar surface area (TPSA) is 53.5 Å². The van der Waals surface area contributed by atoms with Gasteiger partial charge in [0.15, 0.2) is 5.82 Å². The maximum Gasteiger partial charge on any atom is 0.168 e. The Bertz CT molecular complexity index is 939. The zero-order chi connectivity index (χ0) is 20.8. The minimum Gasteiger partial charge on any atom is -0.381 e. The highest BCUT2D eigenvalue weighted by atomic mass is 32.2. The van der Waals surface area contributed by atoms with Crippen LogP contribution in [0, 0.1) is 0 Å². The number of benzene rings is 1. The van der Waals surface area contributed by atoms with Gasteiger partial charge in [-0.15, -0.1) is 0 Å². The molecule has 152 valence electrons. The molecular weight excluding hydrogens is 382 g/mol. The summed E-state index contributed by atoms with van der Waals surface area (Å²) in [5.41, 5.74) is 4.26. The Morgan fingerprint density at radius 3 is 2.79 bits per heavy atom. The van der Waals surface area contributed by atoms with Crippen molar-refractivity contribution in [2.24, 2.45) is 0 Å². The van der Waals surface area contributed by atoms with Crippen molar-refractivity contribution in [3.05, 3.63) is 72.4 Å². The van der Waals surface area contributed by atoms with Gasteiger partial charge in [0.1, 0.15) is 11.8 Å². The monoisotopic (exact) mass is 409 g/mol. The number of aromatic nitrogens is 2. The molecule has 0 unspecified atom stereocenters. The SMILES string of the molecule is C=C(/C=C\C(=C/C)NCc1ccc2c(c1)N(COC)c1nccnc1S2)N(C)C. The number of rotatable bonds is 8. The number of ether oxygens (including phenoxy) is 1. The molecule has 0 amide bonds.